The molecule has 0 saturated heterocycles. The lowest BCUT2D eigenvalue weighted by atomic mass is 10.3. The highest BCUT2D eigenvalue weighted by Gasteiger charge is 2.11. The van der Waals surface area contributed by atoms with Gasteiger partial charge in [-0.3, -0.25) is 4.79 Å². The molecule has 0 atom stereocenters. The number of hydrogen-bond donors (Lipinski definition) is 2. The maximum atomic E-state index is 11.5. The number of nitrogens with two attached hydrogens (primary N) is 1. The molecular weight excluding hydrogens is 230 g/mol. The molecule has 0 bridgehead atoms. The first-order chi connectivity index (χ1) is 7.63. The Hall–Kier alpha value is -1.47. The first-order valence-corrected chi connectivity index (χ1v) is 5.05. The number of methoxy groups -OCH3 is 1. The van der Waals surface area contributed by atoms with Gasteiger partial charge in [0.25, 0.3) is 5.91 Å². The predicted molar refractivity (Wildman–Crippen MR) is 61.0 cm³/mol. The number of nitrogens with one attached hydrogen (secondary N) is 1. The molecule has 0 aliphatic heterocycles. The zero-order valence-electron chi connectivity index (χ0n) is 8.86. The van der Waals surface area contributed by atoms with Gasteiger partial charge in [0.05, 0.1) is 4.99 Å². The van der Waals surface area contributed by atoms with E-state index in [1.807, 2.05) is 0 Å². The van der Waals surface area contributed by atoms with Crippen LogP contribution in [0.2, 0.25) is 0 Å². The second-order valence-corrected chi connectivity index (χ2v) is 3.61. The van der Waals surface area contributed by atoms with Crippen LogP contribution in [0.5, 0.6) is 0 Å². The number of rotatable bonds is 6. The van der Waals surface area contributed by atoms with E-state index in [2.05, 4.69) is 22.7 Å². The number of carbonyl (C=O) groups is 1. The van der Waals surface area contributed by atoms with Gasteiger partial charge >= 0.3 is 0 Å². The Morgan fingerprint density at radius 2 is 2.50 bits per heavy atom. The highest BCUT2D eigenvalue weighted by Crippen LogP contribution is 2.04. The maximum absolute atomic E-state index is 11.5. The lowest BCUT2D eigenvalue weighted by molar-refractivity contribution is 0.0945. The summed E-state index contributed by atoms with van der Waals surface area (Å²) in [6, 6.07) is 1.53. The van der Waals surface area contributed by atoms with Crippen LogP contribution in [0.15, 0.2) is 10.6 Å². The molecule has 88 valence electrons. The Bertz CT molecular complexity index is 378. The second-order valence-electron chi connectivity index (χ2n) is 3.08. The molecule has 0 unspecified atom stereocenters. The normalized spacial score (nSPS) is 10.1. The van der Waals surface area contributed by atoms with Crippen molar-refractivity contribution in [3.8, 4) is 0 Å². The van der Waals surface area contributed by atoms with Crippen LogP contribution in [0.4, 0.5) is 0 Å². The minimum Gasteiger partial charge on any atom is -0.393 e. The average molecular weight is 243 g/mol. The van der Waals surface area contributed by atoms with Crippen molar-refractivity contribution in [1.82, 2.24) is 10.5 Å². The van der Waals surface area contributed by atoms with E-state index < -0.39 is 0 Å². The van der Waals surface area contributed by atoms with Crippen LogP contribution in [0.25, 0.3) is 0 Å². The molecule has 7 heteroatoms. The highest BCUT2D eigenvalue weighted by atomic mass is 32.1. The minimum atomic E-state index is -0.317. The van der Waals surface area contributed by atoms with E-state index in [1.54, 1.807) is 0 Å². The molecule has 0 saturated carbocycles. The fourth-order valence-corrected chi connectivity index (χ4v) is 1.12. The second kappa shape index (κ2) is 6.19. The molecule has 1 aromatic rings. The number of nitrogens with zero attached hydrogens (tertiary/aromatic N) is 1. The van der Waals surface area contributed by atoms with Gasteiger partial charge in [0.15, 0.2) is 11.5 Å². The number of thiocarbonyl (C=S) groups is 1. The van der Waals surface area contributed by atoms with Crippen LogP contribution in [0, 0.1) is 0 Å². The molecule has 0 aromatic carbocycles. The summed E-state index contributed by atoms with van der Waals surface area (Å²) in [6.45, 7) is 0.674. The number of amides is 1. The molecule has 0 aliphatic rings. The molecule has 3 N–H and O–H groups in total. The largest absolute Gasteiger partial charge is 0.393 e. The highest BCUT2D eigenvalue weighted by molar-refractivity contribution is 7.80. The average Bonchev–Trinajstić information content (AvgIpc) is 2.66. The summed E-state index contributed by atoms with van der Waals surface area (Å²) < 4.78 is 9.70. The number of hydrogen-bond acceptors (Lipinski definition) is 5. The van der Waals surface area contributed by atoms with E-state index in [4.69, 9.17) is 15.0 Å². The standard InChI is InChI=1S/C9H13N3O3S/c1-14-5-6-4-7(12-15-6)9(13)11-3-2-8(10)16/h4H,2-3,5H2,1H3,(H2,10,16)(H,11,13). The molecule has 0 aliphatic carbocycles. The van der Waals surface area contributed by atoms with Gasteiger partial charge in [-0.15, -0.1) is 0 Å². The Morgan fingerprint density at radius 1 is 1.75 bits per heavy atom. The summed E-state index contributed by atoms with van der Waals surface area (Å²) in [4.78, 5) is 11.8. The molecule has 16 heavy (non-hydrogen) atoms. The topological polar surface area (TPSA) is 90.4 Å². The van der Waals surface area contributed by atoms with Crippen LogP contribution in [0.3, 0.4) is 0 Å². The Balaban J connectivity index is 2.43. The van der Waals surface area contributed by atoms with Gasteiger partial charge in [0.2, 0.25) is 0 Å². The fourth-order valence-electron chi connectivity index (χ4n) is 1.02. The SMILES string of the molecule is COCc1cc(C(=O)NCCC(N)=S)no1. The van der Waals surface area contributed by atoms with Crippen LogP contribution in [-0.2, 0) is 11.3 Å². The molecular formula is C9H13N3O3S. The third kappa shape index (κ3) is 3.95. The van der Waals surface area contributed by atoms with Crippen molar-refractivity contribution < 1.29 is 14.1 Å². The lowest BCUT2D eigenvalue weighted by Crippen LogP contribution is -2.27. The van der Waals surface area contributed by atoms with E-state index in [-0.39, 0.29) is 18.2 Å². The van der Waals surface area contributed by atoms with Crippen molar-refractivity contribution in [2.75, 3.05) is 13.7 Å². The van der Waals surface area contributed by atoms with Crippen LogP contribution >= 0.6 is 12.2 Å². The molecule has 1 amide bonds. The van der Waals surface area contributed by atoms with Crippen molar-refractivity contribution in [3.63, 3.8) is 0 Å². The quantitative estimate of drug-likeness (QED) is 0.695. The molecule has 1 rings (SSSR count). The van der Waals surface area contributed by atoms with Crippen LogP contribution in [-0.4, -0.2) is 29.7 Å². The van der Waals surface area contributed by atoms with Gasteiger partial charge in [-0.2, -0.15) is 0 Å². The van der Waals surface area contributed by atoms with E-state index in [9.17, 15) is 4.79 Å². The van der Waals surface area contributed by atoms with Crippen molar-refractivity contribution in [1.29, 1.82) is 0 Å². The number of ether oxygens (including phenoxy) is 1. The van der Waals surface area contributed by atoms with Gasteiger partial charge in [0.1, 0.15) is 6.61 Å². The van der Waals surface area contributed by atoms with Crippen molar-refractivity contribution in [2.45, 2.75) is 13.0 Å². The third-order valence-electron chi connectivity index (χ3n) is 1.74. The third-order valence-corrected chi connectivity index (χ3v) is 1.94. The van der Waals surface area contributed by atoms with Gasteiger partial charge in [-0.1, -0.05) is 17.4 Å². The zero-order valence-corrected chi connectivity index (χ0v) is 9.67. The fraction of sp³-hybridized carbons (Fsp3) is 0.444. The number of carbonyl (C=O) groups excluding carboxylic acids is 1. The van der Waals surface area contributed by atoms with E-state index in [0.717, 1.165) is 0 Å². The van der Waals surface area contributed by atoms with Gasteiger partial charge in [-0.05, 0) is 0 Å². The lowest BCUT2D eigenvalue weighted by Gasteiger charge is -2.00. The summed E-state index contributed by atoms with van der Waals surface area (Å²) in [6.07, 6.45) is 0.462. The predicted octanol–water partition coefficient (Wildman–Crippen LogP) is 0.227. The molecule has 1 heterocycles. The van der Waals surface area contributed by atoms with Crippen molar-refractivity contribution in [2.24, 2.45) is 5.73 Å². The monoisotopic (exact) mass is 243 g/mol. The Morgan fingerprint density at radius 3 is 3.12 bits per heavy atom. The first-order valence-electron chi connectivity index (χ1n) is 4.64. The maximum Gasteiger partial charge on any atom is 0.273 e. The van der Waals surface area contributed by atoms with Gasteiger partial charge in [0, 0.05) is 26.1 Å². The summed E-state index contributed by atoms with van der Waals surface area (Å²) in [5.41, 5.74) is 5.51. The molecule has 1 aromatic heterocycles. The van der Waals surface area contributed by atoms with Crippen LogP contribution < -0.4 is 11.1 Å². The van der Waals surface area contributed by atoms with Gasteiger partial charge < -0.3 is 20.3 Å². The smallest absolute Gasteiger partial charge is 0.273 e. The van der Waals surface area contributed by atoms with E-state index in [0.29, 0.717) is 23.7 Å². The first kappa shape index (κ1) is 12.6. The van der Waals surface area contributed by atoms with E-state index >= 15 is 0 Å². The van der Waals surface area contributed by atoms with Crippen LogP contribution in [0.1, 0.15) is 22.7 Å². The Labute approximate surface area is 98.1 Å². The summed E-state index contributed by atoms with van der Waals surface area (Å²) in [5, 5.41) is 6.22. The van der Waals surface area contributed by atoms with Gasteiger partial charge in [-0.25, -0.2) is 0 Å². The molecule has 0 spiro atoms. The summed E-state index contributed by atoms with van der Waals surface area (Å²) >= 11 is 4.68. The molecule has 0 fully saturated rings. The molecule has 0 radical (unpaired) electrons. The summed E-state index contributed by atoms with van der Waals surface area (Å²) in [7, 11) is 1.53. The van der Waals surface area contributed by atoms with Crippen molar-refractivity contribution in [3.05, 3.63) is 17.5 Å². The summed E-state index contributed by atoms with van der Waals surface area (Å²) in [5.74, 6) is 0.185. The van der Waals surface area contributed by atoms with E-state index in [1.165, 1.54) is 13.2 Å². The minimum absolute atomic E-state index is 0.218. The van der Waals surface area contributed by atoms with Crippen molar-refractivity contribution >= 4 is 23.1 Å². The zero-order chi connectivity index (χ0) is 12.0. The Kier molecular flexibility index (Phi) is 4.87. The molecule has 6 nitrogen and oxygen atoms in total. The number of aromatic nitrogens is 1.